The highest BCUT2D eigenvalue weighted by Crippen LogP contribution is 2.11. The number of piperidine rings is 1. The zero-order valence-electron chi connectivity index (χ0n) is 11.0. The number of Topliss-reactive ketones (excluding diaryl/α,β-unsaturated/α-hetero) is 1. The molecule has 0 radical (unpaired) electrons. The van der Waals surface area contributed by atoms with Gasteiger partial charge in [-0.1, -0.05) is 39.0 Å². The first kappa shape index (κ1) is 14.2. The summed E-state index contributed by atoms with van der Waals surface area (Å²) in [5, 5.41) is 0. The van der Waals surface area contributed by atoms with Crippen LogP contribution in [0.2, 0.25) is 0 Å². The van der Waals surface area contributed by atoms with Gasteiger partial charge in [-0.3, -0.25) is 9.59 Å². The van der Waals surface area contributed by atoms with Gasteiger partial charge in [-0.05, 0) is 6.42 Å². The third-order valence-electron chi connectivity index (χ3n) is 3.42. The molecule has 0 bridgehead atoms. The van der Waals surface area contributed by atoms with E-state index < -0.39 is 0 Å². The number of unbranched alkanes of at least 4 members (excludes halogenated alkanes) is 5. The minimum atomic E-state index is 0.244. The van der Waals surface area contributed by atoms with Crippen molar-refractivity contribution in [1.82, 2.24) is 4.90 Å². The fraction of sp³-hybridized carbons (Fsp3) is 0.857. The van der Waals surface area contributed by atoms with Gasteiger partial charge < -0.3 is 4.90 Å². The average molecular weight is 239 g/mol. The van der Waals surface area contributed by atoms with Gasteiger partial charge in [0.05, 0.1) is 0 Å². The lowest BCUT2D eigenvalue weighted by molar-refractivity contribution is -0.134. The van der Waals surface area contributed by atoms with Gasteiger partial charge in [-0.2, -0.15) is 0 Å². The van der Waals surface area contributed by atoms with Gasteiger partial charge in [0, 0.05) is 32.4 Å². The van der Waals surface area contributed by atoms with E-state index in [0.29, 0.717) is 38.1 Å². The van der Waals surface area contributed by atoms with Crippen molar-refractivity contribution < 1.29 is 9.59 Å². The predicted octanol–water partition coefficient (Wildman–Crippen LogP) is 2.93. The van der Waals surface area contributed by atoms with Crippen molar-refractivity contribution >= 4 is 11.7 Å². The Morgan fingerprint density at radius 3 is 2.29 bits per heavy atom. The SMILES string of the molecule is CCCCCCCCC(=O)N1CCC(=O)CC1. The zero-order valence-corrected chi connectivity index (χ0v) is 11.0. The first-order valence-corrected chi connectivity index (χ1v) is 7.03. The van der Waals surface area contributed by atoms with Gasteiger partial charge in [0.1, 0.15) is 5.78 Å². The van der Waals surface area contributed by atoms with Crippen LogP contribution in [0.15, 0.2) is 0 Å². The fourth-order valence-electron chi connectivity index (χ4n) is 2.22. The smallest absolute Gasteiger partial charge is 0.222 e. The monoisotopic (exact) mass is 239 g/mol. The third-order valence-corrected chi connectivity index (χ3v) is 3.42. The Morgan fingerprint density at radius 2 is 1.65 bits per heavy atom. The van der Waals surface area contributed by atoms with Gasteiger partial charge in [-0.25, -0.2) is 0 Å². The summed E-state index contributed by atoms with van der Waals surface area (Å²) >= 11 is 0. The van der Waals surface area contributed by atoms with E-state index in [4.69, 9.17) is 0 Å². The molecule has 0 saturated carbocycles. The van der Waals surface area contributed by atoms with Crippen LogP contribution >= 0.6 is 0 Å². The van der Waals surface area contributed by atoms with E-state index in [2.05, 4.69) is 6.92 Å². The normalized spacial score (nSPS) is 16.3. The van der Waals surface area contributed by atoms with Crippen LogP contribution in [0.5, 0.6) is 0 Å². The number of ketones is 1. The Morgan fingerprint density at radius 1 is 1.06 bits per heavy atom. The number of carbonyl (C=O) groups excluding carboxylic acids is 2. The Balaban J connectivity index is 2.03. The summed E-state index contributed by atoms with van der Waals surface area (Å²) in [6, 6.07) is 0. The lowest BCUT2D eigenvalue weighted by Crippen LogP contribution is -2.38. The first-order chi connectivity index (χ1) is 8.24. The van der Waals surface area contributed by atoms with Gasteiger partial charge in [-0.15, -0.1) is 0 Å². The van der Waals surface area contributed by atoms with Crippen LogP contribution in [0, 0.1) is 0 Å². The molecule has 0 N–H and O–H groups in total. The molecule has 1 amide bonds. The van der Waals surface area contributed by atoms with E-state index >= 15 is 0 Å². The Bertz CT molecular complexity index is 241. The van der Waals surface area contributed by atoms with Crippen LogP contribution in [0.3, 0.4) is 0 Å². The molecule has 3 nitrogen and oxygen atoms in total. The van der Waals surface area contributed by atoms with Crippen LogP contribution < -0.4 is 0 Å². The number of amides is 1. The molecule has 98 valence electrons. The van der Waals surface area contributed by atoms with Crippen LogP contribution in [0.4, 0.5) is 0 Å². The zero-order chi connectivity index (χ0) is 12.5. The maximum atomic E-state index is 11.8. The van der Waals surface area contributed by atoms with Crippen LogP contribution in [0.25, 0.3) is 0 Å². The number of carbonyl (C=O) groups is 2. The Kier molecular flexibility index (Phi) is 6.90. The van der Waals surface area contributed by atoms with Gasteiger partial charge in [0.25, 0.3) is 0 Å². The van der Waals surface area contributed by atoms with Gasteiger partial charge in [0.2, 0.25) is 5.91 Å². The summed E-state index contributed by atoms with van der Waals surface area (Å²) in [6.07, 6.45) is 9.07. The van der Waals surface area contributed by atoms with E-state index in [-0.39, 0.29) is 5.91 Å². The first-order valence-electron chi connectivity index (χ1n) is 7.03. The highest BCUT2D eigenvalue weighted by atomic mass is 16.2. The number of likely N-dealkylation sites (tertiary alicyclic amines) is 1. The third kappa shape index (κ3) is 5.85. The van der Waals surface area contributed by atoms with Crippen LogP contribution in [0.1, 0.15) is 64.7 Å². The molecule has 1 heterocycles. The molecule has 0 aliphatic carbocycles. The standard InChI is InChI=1S/C14H25NO2/c1-2-3-4-5-6-7-8-14(17)15-11-9-13(16)10-12-15/h2-12H2,1H3. The Labute approximate surface area is 105 Å². The average Bonchev–Trinajstić information content (AvgIpc) is 2.34. The lowest BCUT2D eigenvalue weighted by Gasteiger charge is -2.26. The fourth-order valence-corrected chi connectivity index (χ4v) is 2.22. The predicted molar refractivity (Wildman–Crippen MR) is 68.8 cm³/mol. The molecule has 1 saturated heterocycles. The number of hydrogen-bond acceptors (Lipinski definition) is 2. The van der Waals surface area contributed by atoms with Crippen molar-refractivity contribution in [3.8, 4) is 0 Å². The number of hydrogen-bond donors (Lipinski definition) is 0. The van der Waals surface area contributed by atoms with Crippen molar-refractivity contribution in [2.24, 2.45) is 0 Å². The molecule has 1 fully saturated rings. The van der Waals surface area contributed by atoms with Crippen molar-refractivity contribution in [2.75, 3.05) is 13.1 Å². The molecule has 0 aromatic rings. The second-order valence-electron chi connectivity index (χ2n) is 4.94. The topological polar surface area (TPSA) is 37.4 Å². The Hall–Kier alpha value is -0.860. The maximum absolute atomic E-state index is 11.8. The molecule has 0 aromatic carbocycles. The molecule has 1 aliphatic rings. The van der Waals surface area contributed by atoms with E-state index in [1.807, 2.05) is 4.90 Å². The number of nitrogens with zero attached hydrogens (tertiary/aromatic N) is 1. The largest absolute Gasteiger partial charge is 0.342 e. The molecule has 3 heteroatoms. The maximum Gasteiger partial charge on any atom is 0.222 e. The molecule has 0 aromatic heterocycles. The quantitative estimate of drug-likeness (QED) is 0.641. The molecule has 1 rings (SSSR count). The molecular weight excluding hydrogens is 214 g/mol. The van der Waals surface area contributed by atoms with E-state index in [1.54, 1.807) is 0 Å². The van der Waals surface area contributed by atoms with Crippen molar-refractivity contribution in [1.29, 1.82) is 0 Å². The molecule has 1 aliphatic heterocycles. The van der Waals surface area contributed by atoms with Gasteiger partial charge >= 0.3 is 0 Å². The van der Waals surface area contributed by atoms with E-state index in [9.17, 15) is 9.59 Å². The van der Waals surface area contributed by atoms with Crippen molar-refractivity contribution in [2.45, 2.75) is 64.7 Å². The summed E-state index contributed by atoms with van der Waals surface area (Å²) in [7, 11) is 0. The van der Waals surface area contributed by atoms with Crippen LogP contribution in [-0.4, -0.2) is 29.7 Å². The van der Waals surface area contributed by atoms with Crippen molar-refractivity contribution in [3.05, 3.63) is 0 Å². The number of rotatable bonds is 7. The van der Waals surface area contributed by atoms with E-state index in [1.165, 1.54) is 32.1 Å². The van der Waals surface area contributed by atoms with Gasteiger partial charge in [0.15, 0.2) is 0 Å². The summed E-state index contributed by atoms with van der Waals surface area (Å²) in [6.45, 7) is 3.50. The second kappa shape index (κ2) is 8.26. The summed E-state index contributed by atoms with van der Waals surface area (Å²) < 4.78 is 0. The summed E-state index contributed by atoms with van der Waals surface area (Å²) in [5.74, 6) is 0.543. The molecule has 0 spiro atoms. The minimum absolute atomic E-state index is 0.244. The van der Waals surface area contributed by atoms with Crippen molar-refractivity contribution in [3.63, 3.8) is 0 Å². The minimum Gasteiger partial charge on any atom is -0.342 e. The molecule has 0 atom stereocenters. The molecular formula is C14H25NO2. The highest BCUT2D eigenvalue weighted by Gasteiger charge is 2.19. The summed E-state index contributed by atoms with van der Waals surface area (Å²) in [5.41, 5.74) is 0. The second-order valence-corrected chi connectivity index (χ2v) is 4.94. The highest BCUT2D eigenvalue weighted by molar-refractivity contribution is 5.83. The molecule has 17 heavy (non-hydrogen) atoms. The molecule has 0 unspecified atom stereocenters. The lowest BCUT2D eigenvalue weighted by atomic mass is 10.1. The summed E-state index contributed by atoms with van der Waals surface area (Å²) in [4.78, 5) is 24.7. The van der Waals surface area contributed by atoms with Crippen LogP contribution in [-0.2, 0) is 9.59 Å². The van der Waals surface area contributed by atoms with E-state index in [0.717, 1.165) is 6.42 Å².